The van der Waals surface area contributed by atoms with Crippen molar-refractivity contribution < 1.29 is 9.59 Å². The summed E-state index contributed by atoms with van der Waals surface area (Å²) >= 11 is 0. The van der Waals surface area contributed by atoms with Crippen molar-refractivity contribution in [2.24, 2.45) is 5.92 Å². The van der Waals surface area contributed by atoms with Crippen molar-refractivity contribution in [2.45, 2.75) is 44.7 Å². The molecule has 0 radical (unpaired) electrons. The molecule has 3 rings (SSSR count). The molecule has 112 valence electrons. The summed E-state index contributed by atoms with van der Waals surface area (Å²) in [5.74, 6) is 0.895. The van der Waals surface area contributed by atoms with Crippen LogP contribution in [0.4, 0.5) is 0 Å². The molecule has 0 aromatic carbocycles. The largest absolute Gasteiger partial charge is 0.329 e. The molecule has 2 atom stereocenters. The summed E-state index contributed by atoms with van der Waals surface area (Å²) in [7, 11) is 2.14. The van der Waals surface area contributed by atoms with E-state index in [9.17, 15) is 9.59 Å². The summed E-state index contributed by atoms with van der Waals surface area (Å²) in [5, 5.41) is 0. The molecule has 5 heteroatoms. The molecule has 3 heterocycles. The van der Waals surface area contributed by atoms with Crippen molar-refractivity contribution in [1.82, 2.24) is 14.7 Å². The Kier molecular flexibility index (Phi) is 3.71. The molecule has 2 unspecified atom stereocenters. The molecule has 3 fully saturated rings. The third-order valence-corrected chi connectivity index (χ3v) is 5.22. The number of fused-ring (bicyclic) bond motifs is 1. The third-order valence-electron chi connectivity index (χ3n) is 5.22. The van der Waals surface area contributed by atoms with Crippen molar-refractivity contribution in [3.63, 3.8) is 0 Å². The van der Waals surface area contributed by atoms with Crippen LogP contribution in [0.15, 0.2) is 0 Å². The van der Waals surface area contributed by atoms with Crippen LogP contribution in [-0.2, 0) is 9.59 Å². The van der Waals surface area contributed by atoms with Crippen LogP contribution in [0.3, 0.4) is 0 Å². The van der Waals surface area contributed by atoms with Crippen LogP contribution in [-0.4, -0.2) is 71.8 Å². The van der Waals surface area contributed by atoms with E-state index in [-0.39, 0.29) is 23.9 Å². The molecule has 5 nitrogen and oxygen atoms in total. The Hall–Kier alpha value is -1.10. The highest BCUT2D eigenvalue weighted by Gasteiger charge is 2.46. The average Bonchev–Trinajstić information content (AvgIpc) is 2.93. The molecule has 2 amide bonds. The molecule has 0 aliphatic carbocycles. The molecular formula is C15H25N3O2. The maximum absolute atomic E-state index is 12.6. The van der Waals surface area contributed by atoms with E-state index in [4.69, 9.17) is 0 Å². The van der Waals surface area contributed by atoms with E-state index in [0.717, 1.165) is 51.9 Å². The van der Waals surface area contributed by atoms with Crippen molar-refractivity contribution in [2.75, 3.05) is 33.2 Å². The van der Waals surface area contributed by atoms with Gasteiger partial charge >= 0.3 is 0 Å². The van der Waals surface area contributed by atoms with Gasteiger partial charge in [-0.1, -0.05) is 0 Å². The maximum Gasteiger partial charge on any atom is 0.246 e. The van der Waals surface area contributed by atoms with Crippen molar-refractivity contribution in [3.8, 4) is 0 Å². The maximum atomic E-state index is 12.6. The molecule has 3 aliphatic heterocycles. The first-order valence-electron chi connectivity index (χ1n) is 7.87. The Labute approximate surface area is 120 Å². The van der Waals surface area contributed by atoms with Gasteiger partial charge in [-0.2, -0.15) is 0 Å². The van der Waals surface area contributed by atoms with E-state index >= 15 is 0 Å². The minimum absolute atomic E-state index is 0.153. The van der Waals surface area contributed by atoms with Crippen LogP contribution in [0.5, 0.6) is 0 Å². The number of hydrogen-bond donors (Lipinski definition) is 0. The second-order valence-corrected chi connectivity index (χ2v) is 6.60. The van der Waals surface area contributed by atoms with E-state index in [1.54, 1.807) is 4.90 Å². The molecule has 3 saturated heterocycles. The lowest BCUT2D eigenvalue weighted by atomic mass is 9.94. The molecule has 0 spiro atoms. The standard InChI is InChI=1S/C15H25N3O2/c1-11-14(19)17-7-3-4-13(17)15(20)18(11)10-12-5-8-16(2)9-6-12/h11-13H,3-10H2,1-2H3. The molecule has 0 aromatic heterocycles. The fraction of sp³-hybridized carbons (Fsp3) is 0.867. The van der Waals surface area contributed by atoms with Crippen LogP contribution in [0.25, 0.3) is 0 Å². The van der Waals surface area contributed by atoms with Gasteiger partial charge in [-0.05, 0) is 58.7 Å². The van der Waals surface area contributed by atoms with Gasteiger partial charge in [0.1, 0.15) is 12.1 Å². The lowest BCUT2D eigenvalue weighted by Gasteiger charge is -2.43. The van der Waals surface area contributed by atoms with Crippen molar-refractivity contribution in [1.29, 1.82) is 0 Å². The number of amides is 2. The minimum Gasteiger partial charge on any atom is -0.329 e. The molecule has 0 bridgehead atoms. The number of nitrogens with zero attached hydrogens (tertiary/aromatic N) is 3. The van der Waals surface area contributed by atoms with Crippen LogP contribution < -0.4 is 0 Å². The SMILES string of the molecule is CC1C(=O)N2CCCC2C(=O)N1CC1CCN(C)CC1. The topological polar surface area (TPSA) is 43.9 Å². The van der Waals surface area contributed by atoms with Gasteiger partial charge in [0.25, 0.3) is 0 Å². The fourth-order valence-corrected chi connectivity index (χ4v) is 3.81. The fourth-order valence-electron chi connectivity index (χ4n) is 3.81. The van der Waals surface area contributed by atoms with Crippen molar-refractivity contribution >= 4 is 11.8 Å². The first-order valence-corrected chi connectivity index (χ1v) is 7.87. The second-order valence-electron chi connectivity index (χ2n) is 6.60. The number of carbonyl (C=O) groups is 2. The predicted octanol–water partition coefficient (Wildman–Crippen LogP) is 0.550. The summed E-state index contributed by atoms with van der Waals surface area (Å²) in [6, 6.07) is -0.429. The van der Waals surface area contributed by atoms with E-state index in [0.29, 0.717) is 5.92 Å². The first kappa shape index (κ1) is 13.9. The van der Waals surface area contributed by atoms with Crippen LogP contribution in [0, 0.1) is 5.92 Å². The van der Waals surface area contributed by atoms with Crippen molar-refractivity contribution in [3.05, 3.63) is 0 Å². The normalized spacial score (nSPS) is 32.9. The van der Waals surface area contributed by atoms with Gasteiger partial charge in [0.15, 0.2) is 0 Å². The molecular weight excluding hydrogens is 254 g/mol. The lowest BCUT2D eigenvalue weighted by molar-refractivity contribution is -0.159. The quantitative estimate of drug-likeness (QED) is 0.741. The summed E-state index contributed by atoms with van der Waals surface area (Å²) in [6.07, 6.45) is 4.09. The van der Waals surface area contributed by atoms with Gasteiger partial charge in [0, 0.05) is 13.1 Å². The summed E-state index contributed by atoms with van der Waals surface area (Å²) < 4.78 is 0. The minimum atomic E-state index is -0.267. The Bertz CT molecular complexity index is 404. The summed E-state index contributed by atoms with van der Waals surface area (Å²) in [4.78, 5) is 31.0. The van der Waals surface area contributed by atoms with Crippen LogP contribution >= 0.6 is 0 Å². The van der Waals surface area contributed by atoms with E-state index in [1.807, 2.05) is 11.8 Å². The zero-order valence-electron chi connectivity index (χ0n) is 12.5. The van der Waals surface area contributed by atoms with Gasteiger partial charge in [0.05, 0.1) is 0 Å². The average molecular weight is 279 g/mol. The Morgan fingerprint density at radius 2 is 1.75 bits per heavy atom. The van der Waals surface area contributed by atoms with E-state index in [1.165, 1.54) is 0 Å². The van der Waals surface area contributed by atoms with Gasteiger partial charge in [-0.25, -0.2) is 0 Å². The first-order chi connectivity index (χ1) is 9.58. The van der Waals surface area contributed by atoms with Gasteiger partial charge in [-0.3, -0.25) is 9.59 Å². The molecule has 0 N–H and O–H groups in total. The van der Waals surface area contributed by atoms with Crippen LogP contribution in [0.2, 0.25) is 0 Å². The Morgan fingerprint density at radius 3 is 2.45 bits per heavy atom. The Morgan fingerprint density at radius 1 is 1.05 bits per heavy atom. The molecule has 20 heavy (non-hydrogen) atoms. The van der Waals surface area contributed by atoms with Gasteiger partial charge < -0.3 is 14.7 Å². The summed E-state index contributed by atoms with van der Waals surface area (Å²) in [6.45, 7) is 5.63. The highest BCUT2D eigenvalue weighted by Crippen LogP contribution is 2.28. The second kappa shape index (κ2) is 5.35. The number of likely N-dealkylation sites (tertiary alicyclic amines) is 1. The highest BCUT2D eigenvalue weighted by molar-refractivity contribution is 5.97. The number of carbonyl (C=O) groups excluding carboxylic acids is 2. The number of piperazine rings is 1. The third kappa shape index (κ3) is 2.32. The smallest absolute Gasteiger partial charge is 0.246 e. The summed E-state index contributed by atoms with van der Waals surface area (Å²) in [5.41, 5.74) is 0. The van der Waals surface area contributed by atoms with E-state index < -0.39 is 0 Å². The van der Waals surface area contributed by atoms with Crippen LogP contribution in [0.1, 0.15) is 32.6 Å². The zero-order chi connectivity index (χ0) is 14.3. The molecule has 0 saturated carbocycles. The number of hydrogen-bond acceptors (Lipinski definition) is 3. The van der Waals surface area contributed by atoms with E-state index in [2.05, 4.69) is 11.9 Å². The lowest BCUT2D eigenvalue weighted by Crippen LogP contribution is -2.62. The van der Waals surface area contributed by atoms with Gasteiger partial charge in [-0.15, -0.1) is 0 Å². The highest BCUT2D eigenvalue weighted by atomic mass is 16.2. The predicted molar refractivity (Wildman–Crippen MR) is 76.1 cm³/mol. The zero-order valence-corrected chi connectivity index (χ0v) is 12.5. The number of rotatable bonds is 2. The Balaban J connectivity index is 1.68. The van der Waals surface area contributed by atoms with Gasteiger partial charge in [0.2, 0.25) is 11.8 Å². The monoisotopic (exact) mass is 279 g/mol. The number of piperidine rings is 1. The molecule has 0 aromatic rings. The molecule has 3 aliphatic rings.